The van der Waals surface area contributed by atoms with Crippen LogP contribution in [0.3, 0.4) is 0 Å². The van der Waals surface area contributed by atoms with Gasteiger partial charge in [-0.3, -0.25) is 4.79 Å². The number of fused-ring (bicyclic) bond motifs is 1. The molecule has 126 valence electrons. The largest absolute Gasteiger partial charge is 0.486 e. The van der Waals surface area contributed by atoms with Gasteiger partial charge in [0.2, 0.25) is 5.91 Å². The molecule has 3 rings (SSSR count). The fraction of sp³-hybridized carbons (Fsp3) is 0.350. The van der Waals surface area contributed by atoms with E-state index in [-0.39, 0.29) is 11.9 Å². The average Bonchev–Trinajstić information content (AvgIpc) is 2.62. The molecule has 4 heteroatoms. The van der Waals surface area contributed by atoms with Crippen molar-refractivity contribution in [1.82, 2.24) is 5.32 Å². The number of benzene rings is 2. The molecule has 0 radical (unpaired) electrons. The zero-order valence-electron chi connectivity index (χ0n) is 14.3. The maximum absolute atomic E-state index is 12.8. The number of carbonyl (C=O) groups excluding carboxylic acids is 1. The molecule has 1 aliphatic heterocycles. The second-order valence-corrected chi connectivity index (χ2v) is 6.59. The van der Waals surface area contributed by atoms with Gasteiger partial charge in [0.15, 0.2) is 11.5 Å². The van der Waals surface area contributed by atoms with Crippen molar-refractivity contribution < 1.29 is 14.3 Å². The number of rotatable bonds is 4. The maximum atomic E-state index is 12.8. The van der Waals surface area contributed by atoms with Crippen LogP contribution in [0.4, 0.5) is 0 Å². The minimum Gasteiger partial charge on any atom is -0.486 e. The number of nitrogens with one attached hydrogen (secondary N) is 1. The van der Waals surface area contributed by atoms with E-state index in [0.29, 0.717) is 13.2 Å². The summed E-state index contributed by atoms with van der Waals surface area (Å²) in [6.07, 6.45) is 0. The molecule has 4 nitrogen and oxygen atoms in total. The molecule has 1 N–H and O–H groups in total. The Hall–Kier alpha value is -2.49. The first-order valence-corrected chi connectivity index (χ1v) is 8.24. The first-order chi connectivity index (χ1) is 11.5. The lowest BCUT2D eigenvalue weighted by atomic mass is 9.83. The highest BCUT2D eigenvalue weighted by Crippen LogP contribution is 2.33. The van der Waals surface area contributed by atoms with E-state index in [1.165, 1.54) is 0 Å². The van der Waals surface area contributed by atoms with Gasteiger partial charge in [-0.1, -0.05) is 36.4 Å². The Labute approximate surface area is 142 Å². The van der Waals surface area contributed by atoms with Crippen molar-refractivity contribution in [2.75, 3.05) is 13.2 Å². The minimum absolute atomic E-state index is 0.00362. The number of ether oxygens (including phenoxy) is 2. The zero-order valence-corrected chi connectivity index (χ0v) is 14.3. The number of amides is 1. The minimum atomic E-state index is -0.594. The summed E-state index contributed by atoms with van der Waals surface area (Å²) in [5.41, 5.74) is 1.40. The molecule has 0 aromatic heterocycles. The highest BCUT2D eigenvalue weighted by molar-refractivity contribution is 5.87. The molecule has 0 fully saturated rings. The number of hydrogen-bond acceptors (Lipinski definition) is 3. The van der Waals surface area contributed by atoms with Crippen LogP contribution in [-0.4, -0.2) is 19.1 Å². The van der Waals surface area contributed by atoms with Crippen molar-refractivity contribution in [1.29, 1.82) is 0 Å². The van der Waals surface area contributed by atoms with Gasteiger partial charge >= 0.3 is 0 Å². The van der Waals surface area contributed by atoms with E-state index in [1.807, 2.05) is 69.3 Å². The summed E-state index contributed by atoms with van der Waals surface area (Å²) in [6, 6.07) is 15.5. The first kappa shape index (κ1) is 16.4. The summed E-state index contributed by atoms with van der Waals surface area (Å²) in [5.74, 6) is 1.49. The van der Waals surface area contributed by atoms with Crippen LogP contribution < -0.4 is 14.8 Å². The summed E-state index contributed by atoms with van der Waals surface area (Å²) >= 11 is 0. The van der Waals surface area contributed by atoms with E-state index < -0.39 is 5.41 Å². The molecule has 1 aliphatic rings. The van der Waals surface area contributed by atoms with Gasteiger partial charge in [-0.25, -0.2) is 0 Å². The second-order valence-electron chi connectivity index (χ2n) is 6.59. The topological polar surface area (TPSA) is 47.6 Å². The fourth-order valence-corrected chi connectivity index (χ4v) is 2.78. The monoisotopic (exact) mass is 325 g/mol. The predicted molar refractivity (Wildman–Crippen MR) is 93.5 cm³/mol. The zero-order chi connectivity index (χ0) is 17.2. The van der Waals surface area contributed by atoms with Crippen molar-refractivity contribution in [2.24, 2.45) is 0 Å². The summed E-state index contributed by atoms with van der Waals surface area (Å²) in [7, 11) is 0. The lowest BCUT2D eigenvalue weighted by Crippen LogP contribution is -2.41. The van der Waals surface area contributed by atoms with Gasteiger partial charge in [-0.2, -0.15) is 0 Å². The third kappa shape index (κ3) is 3.23. The molecule has 2 aromatic carbocycles. The molecule has 1 amide bonds. The van der Waals surface area contributed by atoms with Crippen molar-refractivity contribution in [3.05, 3.63) is 59.7 Å². The Morgan fingerprint density at radius 2 is 1.71 bits per heavy atom. The van der Waals surface area contributed by atoms with Crippen LogP contribution in [0, 0.1) is 0 Å². The molecular formula is C20H23NO3. The quantitative estimate of drug-likeness (QED) is 0.934. The third-order valence-electron chi connectivity index (χ3n) is 4.48. The summed E-state index contributed by atoms with van der Waals surface area (Å²) in [6.45, 7) is 6.98. The van der Waals surface area contributed by atoms with E-state index in [4.69, 9.17) is 9.47 Å². The van der Waals surface area contributed by atoms with Gasteiger partial charge in [0.25, 0.3) is 0 Å². The highest BCUT2D eigenvalue weighted by Gasteiger charge is 2.30. The van der Waals surface area contributed by atoms with E-state index in [1.54, 1.807) is 0 Å². The summed E-state index contributed by atoms with van der Waals surface area (Å²) in [4.78, 5) is 12.8. The van der Waals surface area contributed by atoms with Gasteiger partial charge in [0.1, 0.15) is 13.2 Å². The van der Waals surface area contributed by atoms with Crippen molar-refractivity contribution in [2.45, 2.75) is 32.2 Å². The van der Waals surface area contributed by atoms with Crippen molar-refractivity contribution in [3.8, 4) is 11.5 Å². The van der Waals surface area contributed by atoms with Crippen LogP contribution in [0.1, 0.15) is 37.9 Å². The van der Waals surface area contributed by atoms with Crippen molar-refractivity contribution in [3.63, 3.8) is 0 Å². The van der Waals surface area contributed by atoms with E-state index in [2.05, 4.69) is 5.32 Å². The van der Waals surface area contributed by atoms with Crippen LogP contribution in [0.25, 0.3) is 0 Å². The van der Waals surface area contributed by atoms with Gasteiger partial charge in [-0.05, 0) is 44.0 Å². The van der Waals surface area contributed by atoms with E-state index >= 15 is 0 Å². The van der Waals surface area contributed by atoms with E-state index in [9.17, 15) is 4.79 Å². The number of carbonyl (C=O) groups is 1. The molecule has 24 heavy (non-hydrogen) atoms. The predicted octanol–water partition coefficient (Wildman–Crippen LogP) is 3.61. The molecule has 0 spiro atoms. The molecule has 0 unspecified atom stereocenters. The maximum Gasteiger partial charge on any atom is 0.230 e. The van der Waals surface area contributed by atoms with Crippen LogP contribution in [0.15, 0.2) is 48.5 Å². The Bertz CT molecular complexity index is 725. The van der Waals surface area contributed by atoms with Crippen LogP contribution in [0.2, 0.25) is 0 Å². The van der Waals surface area contributed by atoms with Crippen LogP contribution in [0.5, 0.6) is 11.5 Å². The molecule has 1 atom stereocenters. The summed E-state index contributed by atoms with van der Waals surface area (Å²) in [5, 5.41) is 3.11. The van der Waals surface area contributed by atoms with Crippen molar-refractivity contribution >= 4 is 5.91 Å². The number of hydrogen-bond donors (Lipinski definition) is 1. The van der Waals surface area contributed by atoms with Gasteiger partial charge in [-0.15, -0.1) is 0 Å². The van der Waals surface area contributed by atoms with Crippen LogP contribution in [-0.2, 0) is 10.2 Å². The molecule has 0 bridgehead atoms. The third-order valence-corrected chi connectivity index (χ3v) is 4.48. The van der Waals surface area contributed by atoms with Crippen LogP contribution >= 0.6 is 0 Å². The SMILES string of the molecule is C[C@@H](NC(=O)C(C)(C)c1ccccc1)c1ccc2c(c1)OCCO2. The Kier molecular flexibility index (Phi) is 4.47. The molecule has 2 aromatic rings. The molecule has 0 aliphatic carbocycles. The molecule has 0 saturated heterocycles. The highest BCUT2D eigenvalue weighted by atomic mass is 16.6. The fourth-order valence-electron chi connectivity index (χ4n) is 2.78. The normalized spacial score (nSPS) is 14.8. The Morgan fingerprint density at radius 1 is 1.04 bits per heavy atom. The Morgan fingerprint density at radius 3 is 2.42 bits per heavy atom. The molecule has 1 heterocycles. The van der Waals surface area contributed by atoms with E-state index in [0.717, 1.165) is 22.6 Å². The lowest BCUT2D eigenvalue weighted by Gasteiger charge is -2.27. The smallest absolute Gasteiger partial charge is 0.230 e. The van der Waals surface area contributed by atoms with Gasteiger partial charge in [0, 0.05) is 0 Å². The van der Waals surface area contributed by atoms with Gasteiger partial charge in [0.05, 0.1) is 11.5 Å². The standard InChI is InChI=1S/C20H23NO3/c1-14(15-9-10-17-18(13-15)24-12-11-23-17)21-19(22)20(2,3)16-7-5-4-6-8-16/h4-10,13-14H,11-12H2,1-3H3,(H,21,22)/t14-/m1/s1. The Balaban J connectivity index is 1.74. The summed E-state index contributed by atoms with van der Waals surface area (Å²) < 4.78 is 11.2. The molecular weight excluding hydrogens is 302 g/mol. The van der Waals surface area contributed by atoms with Gasteiger partial charge < -0.3 is 14.8 Å². The lowest BCUT2D eigenvalue weighted by molar-refractivity contribution is -0.126. The second kappa shape index (κ2) is 6.56. The average molecular weight is 325 g/mol. The first-order valence-electron chi connectivity index (χ1n) is 8.24. The molecule has 0 saturated carbocycles.